The number of hydrogen-bond acceptors (Lipinski definition) is 14. The normalized spacial score (nSPS) is 18.9. The van der Waals surface area contributed by atoms with Gasteiger partial charge in [0, 0.05) is 27.4 Å². The summed E-state index contributed by atoms with van der Waals surface area (Å²) < 4.78 is 20.1. The zero-order valence-electron chi connectivity index (χ0n) is 30.2. The highest BCUT2D eigenvalue weighted by atomic mass is 32.1. The molecule has 2 saturated heterocycles. The van der Waals surface area contributed by atoms with E-state index in [0.717, 1.165) is 41.9 Å². The highest BCUT2D eigenvalue weighted by Crippen LogP contribution is 2.31. The van der Waals surface area contributed by atoms with Crippen LogP contribution in [-0.4, -0.2) is 108 Å². The summed E-state index contributed by atoms with van der Waals surface area (Å²) in [6, 6.07) is 6.53. The number of imide groups is 4. The Hall–Kier alpha value is -5.46. The summed E-state index contributed by atoms with van der Waals surface area (Å²) in [6.45, 7) is 1.36. The first-order valence-electron chi connectivity index (χ1n) is 17.8. The first-order valence-corrected chi connectivity index (χ1v) is 17.5. The van der Waals surface area contributed by atoms with Crippen molar-refractivity contribution in [2.75, 3.05) is 19.8 Å². The molecule has 0 aliphatic carbocycles. The van der Waals surface area contributed by atoms with Gasteiger partial charge in [0.2, 0.25) is 23.6 Å². The molecule has 8 amide bonds. The first kappa shape index (κ1) is 41.3. The van der Waals surface area contributed by atoms with Crippen LogP contribution < -0.4 is 15.4 Å². The molecule has 290 valence electrons. The van der Waals surface area contributed by atoms with Crippen molar-refractivity contribution in [2.45, 2.75) is 83.2 Å². The molecule has 17 nitrogen and oxygen atoms in total. The zero-order valence-corrected chi connectivity index (χ0v) is 30.1. The van der Waals surface area contributed by atoms with E-state index >= 15 is 0 Å². The van der Waals surface area contributed by atoms with Crippen molar-refractivity contribution in [1.82, 2.24) is 20.4 Å². The number of fused-ring (bicyclic) bond motifs is 2. The zero-order chi connectivity index (χ0) is 40.7. The van der Waals surface area contributed by atoms with Crippen LogP contribution in [0.4, 0.5) is 0 Å². The first-order chi connectivity index (χ1) is 26.4. The maximum Gasteiger partial charge on any atom is 0.262 e. The van der Waals surface area contributed by atoms with Crippen molar-refractivity contribution in [2.24, 2.45) is 0 Å². The Kier molecular flexibility index (Phi) is 15.8. The van der Waals surface area contributed by atoms with E-state index in [4.69, 9.17) is 20.5 Å². The molecule has 0 aromatic heterocycles. The van der Waals surface area contributed by atoms with Crippen molar-refractivity contribution in [1.29, 1.82) is 0 Å². The summed E-state index contributed by atoms with van der Waals surface area (Å²) in [5.74, 6) is -4.06. The van der Waals surface area contributed by atoms with Crippen molar-refractivity contribution in [3.63, 3.8) is 0 Å². The van der Waals surface area contributed by atoms with Crippen LogP contribution in [0.3, 0.4) is 0 Å². The predicted molar refractivity (Wildman–Crippen MR) is 189 cm³/mol. The molecule has 5 N–H and O–H groups in total. The molecule has 2 aromatic carbocycles. The third-order valence-electron chi connectivity index (χ3n) is 8.56. The number of aliphatic hydroxyl groups is 2. The van der Waals surface area contributed by atoms with E-state index < -0.39 is 59.3 Å². The van der Waals surface area contributed by atoms with E-state index in [1.165, 1.54) is 30.3 Å². The second kappa shape index (κ2) is 20.7. The van der Waals surface area contributed by atoms with Crippen LogP contribution in [0, 0.1) is 0 Å². The van der Waals surface area contributed by atoms with E-state index in [1.807, 2.05) is 0 Å². The van der Waals surface area contributed by atoms with E-state index in [0.29, 0.717) is 25.7 Å². The minimum atomic E-state index is -0.984. The van der Waals surface area contributed by atoms with Crippen LogP contribution in [0.5, 0.6) is 11.5 Å². The van der Waals surface area contributed by atoms with Crippen molar-refractivity contribution < 1.29 is 64.0 Å². The number of carbonyl (C=O) groups is 8. The lowest BCUT2D eigenvalue weighted by Crippen LogP contribution is -2.54. The van der Waals surface area contributed by atoms with Gasteiger partial charge in [-0.1, -0.05) is 19.7 Å². The van der Waals surface area contributed by atoms with E-state index in [9.17, 15) is 43.5 Å². The number of unbranched alkanes of at least 4 members (excludes halogenated alkanes) is 4. The third-order valence-corrected chi connectivity index (χ3v) is 8.56. The SMILES string of the molecule is O=C1CCC(N2C(=O)c3ccc(O)cc3C2=O)C(=O)N1.O=C1CCC(N2C(=O)c3ccc(OCCCCCO)cc3C2=O)C(=O)N1.O=S.[3H]CCCCCO. The minimum Gasteiger partial charge on any atom is -0.508 e. The Morgan fingerprint density at radius 1 is 0.685 bits per heavy atom. The fourth-order valence-electron chi connectivity index (χ4n) is 5.87. The number of carbonyl (C=O) groups excluding carboxylic acids is 8. The molecule has 4 aliphatic rings. The highest BCUT2D eigenvalue weighted by molar-refractivity contribution is 7.44. The Morgan fingerprint density at radius 2 is 1.17 bits per heavy atom. The molecule has 2 unspecified atom stereocenters. The number of nitrogens with one attached hydrogen (secondary N) is 2. The number of nitrogens with zero attached hydrogens (tertiary/aromatic N) is 2. The second-order valence-electron chi connectivity index (χ2n) is 12.2. The van der Waals surface area contributed by atoms with Crippen molar-refractivity contribution in [3.05, 3.63) is 58.7 Å². The number of phenolic OH excluding ortho intramolecular Hbond substituents is 1. The molecule has 2 atom stereocenters. The maximum absolute atomic E-state index is 12.7. The van der Waals surface area contributed by atoms with Gasteiger partial charge in [-0.25, -0.2) is 0 Å². The number of amides is 8. The number of benzene rings is 2. The Bertz CT molecular complexity index is 1790. The molecule has 0 bridgehead atoms. The molecule has 18 heteroatoms. The lowest BCUT2D eigenvalue weighted by molar-refractivity contribution is -0.137. The molecular weight excluding hydrogens is 728 g/mol. The minimum absolute atomic E-state index is 0.0692. The van der Waals surface area contributed by atoms with Gasteiger partial charge >= 0.3 is 0 Å². The molecule has 6 rings (SSSR count). The van der Waals surface area contributed by atoms with Gasteiger partial charge in [-0.3, -0.25) is 58.8 Å². The van der Waals surface area contributed by atoms with E-state index in [2.05, 4.69) is 23.2 Å². The van der Waals surface area contributed by atoms with Crippen LogP contribution >= 0.6 is 0 Å². The molecular formula is C36H42N4O13S. The lowest BCUT2D eigenvalue weighted by atomic mass is 10.0. The van der Waals surface area contributed by atoms with Crippen molar-refractivity contribution in [3.8, 4) is 11.5 Å². The molecule has 0 spiro atoms. The summed E-state index contributed by atoms with van der Waals surface area (Å²) in [6.07, 6.45) is 5.52. The molecule has 2 fully saturated rings. The number of phenols is 1. The van der Waals surface area contributed by atoms with Crippen LogP contribution in [-0.2, 0) is 31.7 Å². The van der Waals surface area contributed by atoms with Crippen molar-refractivity contribution >= 4 is 59.8 Å². The molecule has 4 aliphatic heterocycles. The van der Waals surface area contributed by atoms with Crippen LogP contribution in [0.25, 0.3) is 0 Å². The summed E-state index contributed by atoms with van der Waals surface area (Å²) in [7, 11) is 0. The molecule has 54 heavy (non-hydrogen) atoms. The molecule has 2 aromatic rings. The molecule has 0 saturated carbocycles. The van der Waals surface area contributed by atoms with Gasteiger partial charge in [0.1, 0.15) is 23.6 Å². The monoisotopic (exact) mass is 772 g/mol. The predicted octanol–water partition coefficient (Wildman–Crippen LogP) is 1.26. The number of aromatic hydroxyl groups is 1. The maximum atomic E-state index is 12.7. The number of aliphatic hydroxyl groups excluding tert-OH is 2. The smallest absolute Gasteiger partial charge is 0.262 e. The third kappa shape index (κ3) is 10.4. The Morgan fingerprint density at radius 3 is 1.67 bits per heavy atom. The summed E-state index contributed by atoms with van der Waals surface area (Å²) in [5.41, 5.74) is 0.650. The summed E-state index contributed by atoms with van der Waals surface area (Å²) in [5, 5.41) is 30.6. The Labute approximate surface area is 316 Å². The van der Waals surface area contributed by atoms with Gasteiger partial charge < -0.3 is 20.1 Å². The lowest BCUT2D eigenvalue weighted by Gasteiger charge is -2.27. The van der Waals surface area contributed by atoms with Gasteiger partial charge in [0.25, 0.3) is 23.6 Å². The highest BCUT2D eigenvalue weighted by Gasteiger charge is 2.46. The quantitative estimate of drug-likeness (QED) is 0.159. The van der Waals surface area contributed by atoms with Crippen LogP contribution in [0.2, 0.25) is 0 Å². The van der Waals surface area contributed by atoms with E-state index in [1.54, 1.807) is 6.07 Å². The largest absolute Gasteiger partial charge is 0.508 e. The number of rotatable bonds is 11. The Balaban J connectivity index is 0.000000248. The average Bonchev–Trinajstić information content (AvgIpc) is 3.56. The second-order valence-corrected chi connectivity index (χ2v) is 12.2. The van der Waals surface area contributed by atoms with Gasteiger partial charge in [-0.05, 0) is 74.9 Å². The topological polar surface area (TPSA) is 254 Å². The molecule has 4 heterocycles. The fourth-order valence-corrected chi connectivity index (χ4v) is 5.87. The summed E-state index contributed by atoms with van der Waals surface area (Å²) in [4.78, 5) is 97.6. The number of hydrogen-bond donors (Lipinski definition) is 5. The number of ether oxygens (including phenoxy) is 1. The summed E-state index contributed by atoms with van der Waals surface area (Å²) >= 11 is 2.83. The van der Waals surface area contributed by atoms with Crippen LogP contribution in [0.1, 0.15) is 114 Å². The fraction of sp³-hybridized carbons (Fsp3) is 0.444. The molecule has 0 radical (unpaired) electrons. The van der Waals surface area contributed by atoms with Gasteiger partial charge in [0.05, 0.1) is 28.9 Å². The van der Waals surface area contributed by atoms with Gasteiger partial charge in [-0.2, -0.15) is 4.21 Å². The standard InChI is InChI=1S/C18H20N2O6.C13H10N2O5.C5H12O.OS/c21-8-2-1-3-9-26-11-4-5-12-13(10-11)18(25)20(17(12)24)14-6-7-15(22)19-16(14)23;16-6-1-2-7-8(5-6)13(20)15(12(7)19)9-3-4-10(17)14-11(9)18;1-2-3-4-5-6;1-2/h4-5,10,14,21H,1-3,6-9H2,(H,19,22,23);1-2,5,9,16H,3-4H2,(H,14,17,18);6H,2-5H2,1H3;/i;;1T;. The number of piperidine rings is 2. The van der Waals surface area contributed by atoms with Gasteiger partial charge in [0.15, 0.2) is 12.5 Å². The van der Waals surface area contributed by atoms with Crippen LogP contribution in [0.15, 0.2) is 36.4 Å². The van der Waals surface area contributed by atoms with E-state index in [-0.39, 0.29) is 66.9 Å². The average molecular weight is 773 g/mol. The van der Waals surface area contributed by atoms with Gasteiger partial charge in [-0.15, -0.1) is 0 Å².